The average molecular weight is 238 g/mol. The molecule has 5 nitrogen and oxygen atoms in total. The topological polar surface area (TPSA) is 87.2 Å². The molecule has 16 heavy (non-hydrogen) atoms. The van der Waals surface area contributed by atoms with E-state index in [0.29, 0.717) is 6.04 Å². The molecule has 0 aromatic carbocycles. The molecule has 2 N–H and O–H groups in total. The van der Waals surface area contributed by atoms with Gasteiger partial charge in [-0.2, -0.15) is 5.26 Å². The van der Waals surface area contributed by atoms with Crippen molar-refractivity contribution in [1.29, 1.82) is 5.26 Å². The molecule has 1 rings (SSSR count). The van der Waals surface area contributed by atoms with Crippen molar-refractivity contribution in [3.63, 3.8) is 0 Å². The Hall–Kier alpha value is -1.35. The number of hydrogen-bond acceptors (Lipinski definition) is 3. The standard InChI is InChI=1S/C10H16N3O2Si/c1-16(2,10(12)15)6-5-9(14)13(7-11)8-3-4-8/h5,8H,3-4,6H2,1-2H3,(H2,12,15). The van der Waals surface area contributed by atoms with Crippen LogP contribution in [-0.4, -0.2) is 30.5 Å². The second kappa shape index (κ2) is 4.66. The van der Waals surface area contributed by atoms with Crippen molar-refractivity contribution < 1.29 is 9.59 Å². The lowest BCUT2D eigenvalue weighted by atomic mass is 10.4. The van der Waals surface area contributed by atoms with Gasteiger partial charge in [-0.1, -0.05) is 13.1 Å². The summed E-state index contributed by atoms with van der Waals surface area (Å²) in [5.74, 6) is -0.299. The summed E-state index contributed by atoms with van der Waals surface area (Å²) in [6, 6.07) is 0.471. The van der Waals surface area contributed by atoms with Crippen LogP contribution in [0.1, 0.15) is 12.8 Å². The van der Waals surface area contributed by atoms with E-state index in [4.69, 9.17) is 11.0 Å². The monoisotopic (exact) mass is 238 g/mol. The van der Waals surface area contributed by atoms with Gasteiger partial charge in [-0.05, 0) is 18.9 Å². The first-order valence-corrected chi connectivity index (χ1v) is 8.45. The van der Waals surface area contributed by atoms with E-state index >= 15 is 0 Å². The van der Waals surface area contributed by atoms with Gasteiger partial charge in [0.05, 0.1) is 0 Å². The lowest BCUT2D eigenvalue weighted by molar-refractivity contribution is -0.124. The van der Waals surface area contributed by atoms with E-state index in [0.717, 1.165) is 12.8 Å². The maximum atomic E-state index is 11.6. The summed E-state index contributed by atoms with van der Waals surface area (Å²) in [6.45, 7) is 3.62. The Bertz CT molecular complexity index is 344. The van der Waals surface area contributed by atoms with Gasteiger partial charge in [-0.3, -0.25) is 9.59 Å². The Morgan fingerprint density at radius 1 is 1.56 bits per heavy atom. The minimum Gasteiger partial charge on any atom is -0.374 e. The fourth-order valence-electron chi connectivity index (χ4n) is 1.19. The van der Waals surface area contributed by atoms with Gasteiger partial charge in [0.1, 0.15) is 0 Å². The van der Waals surface area contributed by atoms with Crippen molar-refractivity contribution in [2.45, 2.75) is 38.0 Å². The number of amides is 2. The molecule has 0 aromatic heterocycles. The highest BCUT2D eigenvalue weighted by molar-refractivity contribution is 7.04. The van der Waals surface area contributed by atoms with Crippen molar-refractivity contribution in [2.75, 3.05) is 0 Å². The number of nitriles is 1. The van der Waals surface area contributed by atoms with Crippen LogP contribution in [0.5, 0.6) is 0 Å². The van der Waals surface area contributed by atoms with Crippen LogP contribution >= 0.6 is 0 Å². The van der Waals surface area contributed by atoms with Crippen LogP contribution in [0.3, 0.4) is 0 Å². The molecule has 0 spiro atoms. The summed E-state index contributed by atoms with van der Waals surface area (Å²) in [4.78, 5) is 23.9. The minimum atomic E-state index is -2.19. The molecule has 87 valence electrons. The third-order valence-corrected chi connectivity index (χ3v) is 5.27. The lowest BCUT2D eigenvalue weighted by Crippen LogP contribution is -2.43. The largest absolute Gasteiger partial charge is 0.374 e. The van der Waals surface area contributed by atoms with Gasteiger partial charge < -0.3 is 5.73 Å². The van der Waals surface area contributed by atoms with Crippen LogP contribution in [0.4, 0.5) is 4.79 Å². The highest BCUT2D eigenvalue weighted by Crippen LogP contribution is 2.27. The first-order chi connectivity index (χ1) is 7.38. The summed E-state index contributed by atoms with van der Waals surface area (Å²) in [5.41, 5.74) is 4.94. The van der Waals surface area contributed by atoms with Gasteiger partial charge in [0.25, 0.3) is 0 Å². The molecule has 1 saturated carbocycles. The minimum absolute atomic E-state index is 0.0760. The molecule has 0 unspecified atom stereocenters. The number of hydrogen-bond donors (Lipinski definition) is 1. The maximum absolute atomic E-state index is 11.6. The fraction of sp³-hybridized carbons (Fsp3) is 0.600. The zero-order valence-corrected chi connectivity index (χ0v) is 10.6. The Morgan fingerprint density at radius 3 is 2.50 bits per heavy atom. The quantitative estimate of drug-likeness (QED) is 0.441. The van der Waals surface area contributed by atoms with E-state index in [1.807, 2.05) is 19.3 Å². The van der Waals surface area contributed by atoms with E-state index in [1.165, 1.54) is 11.3 Å². The molecule has 1 radical (unpaired) electrons. The molecule has 1 aliphatic rings. The number of nitrogens with zero attached hydrogens (tertiary/aromatic N) is 2. The second-order valence-electron chi connectivity index (χ2n) is 4.70. The molecular formula is C10H16N3O2Si. The van der Waals surface area contributed by atoms with Gasteiger partial charge in [0.15, 0.2) is 19.8 Å². The molecule has 6 heteroatoms. The van der Waals surface area contributed by atoms with E-state index in [-0.39, 0.29) is 17.5 Å². The normalized spacial score (nSPS) is 15.3. The van der Waals surface area contributed by atoms with Gasteiger partial charge in [-0.25, -0.2) is 4.90 Å². The van der Waals surface area contributed by atoms with Gasteiger partial charge in [0.2, 0.25) is 5.91 Å². The molecule has 2 amide bonds. The molecule has 0 aromatic rings. The van der Waals surface area contributed by atoms with Crippen molar-refractivity contribution >= 4 is 19.5 Å². The number of carbonyl (C=O) groups excluding carboxylic acids is 2. The predicted octanol–water partition coefficient (Wildman–Crippen LogP) is 1.03. The van der Waals surface area contributed by atoms with Crippen LogP contribution < -0.4 is 5.73 Å². The summed E-state index contributed by atoms with van der Waals surface area (Å²) in [7, 11) is -2.19. The van der Waals surface area contributed by atoms with Crippen LogP contribution in [0.2, 0.25) is 19.1 Å². The zero-order chi connectivity index (χ0) is 12.3. The van der Waals surface area contributed by atoms with Crippen molar-refractivity contribution in [3.8, 4) is 6.19 Å². The molecule has 0 saturated heterocycles. The molecular weight excluding hydrogens is 222 g/mol. The Morgan fingerprint density at radius 2 is 2.12 bits per heavy atom. The SMILES string of the molecule is C[Si](C)(C[CH]C(=O)N(C#N)C1CC1)C(N)=O. The summed E-state index contributed by atoms with van der Waals surface area (Å²) in [5, 5.41) is 8.80. The molecule has 0 heterocycles. The highest BCUT2D eigenvalue weighted by Gasteiger charge is 2.35. The number of rotatable bonds is 5. The summed E-state index contributed by atoms with van der Waals surface area (Å²) >= 11 is 0. The zero-order valence-electron chi connectivity index (χ0n) is 9.56. The summed E-state index contributed by atoms with van der Waals surface area (Å²) < 4.78 is 0. The van der Waals surface area contributed by atoms with E-state index in [9.17, 15) is 9.59 Å². The van der Waals surface area contributed by atoms with Crippen LogP contribution in [-0.2, 0) is 4.79 Å². The smallest absolute Gasteiger partial charge is 0.239 e. The van der Waals surface area contributed by atoms with E-state index < -0.39 is 8.07 Å². The highest BCUT2D eigenvalue weighted by atomic mass is 28.3. The lowest BCUT2D eigenvalue weighted by Gasteiger charge is -2.18. The Kier molecular flexibility index (Phi) is 3.70. The molecule has 1 fully saturated rings. The van der Waals surface area contributed by atoms with Gasteiger partial charge in [0, 0.05) is 12.5 Å². The van der Waals surface area contributed by atoms with E-state index in [2.05, 4.69) is 0 Å². The van der Waals surface area contributed by atoms with Crippen LogP contribution in [0.25, 0.3) is 0 Å². The molecule has 0 aliphatic heterocycles. The average Bonchev–Trinajstić information content (AvgIpc) is 3.00. The van der Waals surface area contributed by atoms with Crippen molar-refractivity contribution in [3.05, 3.63) is 6.42 Å². The number of nitrogens with two attached hydrogens (primary N) is 1. The fourth-order valence-corrected chi connectivity index (χ4v) is 2.07. The Balaban J connectivity index is 2.46. The summed E-state index contributed by atoms with van der Waals surface area (Å²) in [6.07, 6.45) is 5.10. The molecule has 0 bridgehead atoms. The third kappa shape index (κ3) is 3.07. The van der Waals surface area contributed by atoms with Gasteiger partial charge in [-0.15, -0.1) is 0 Å². The number of primary amides is 1. The number of carbonyl (C=O) groups is 2. The van der Waals surface area contributed by atoms with Crippen molar-refractivity contribution in [2.24, 2.45) is 5.73 Å². The predicted molar refractivity (Wildman–Crippen MR) is 61.7 cm³/mol. The Labute approximate surface area is 96.2 Å². The van der Waals surface area contributed by atoms with Gasteiger partial charge >= 0.3 is 0 Å². The van der Waals surface area contributed by atoms with Crippen LogP contribution in [0.15, 0.2) is 0 Å². The molecule has 1 aliphatic carbocycles. The maximum Gasteiger partial charge on any atom is 0.239 e. The third-order valence-electron chi connectivity index (χ3n) is 2.71. The first kappa shape index (κ1) is 12.7. The first-order valence-electron chi connectivity index (χ1n) is 5.24. The molecule has 0 atom stereocenters. The van der Waals surface area contributed by atoms with Crippen molar-refractivity contribution in [1.82, 2.24) is 4.90 Å². The second-order valence-corrected chi connectivity index (χ2v) is 9.36. The van der Waals surface area contributed by atoms with Crippen LogP contribution in [0, 0.1) is 17.9 Å². The van der Waals surface area contributed by atoms with E-state index in [1.54, 1.807) is 0 Å².